The summed E-state index contributed by atoms with van der Waals surface area (Å²) in [6.45, 7) is 1.72. The lowest BCUT2D eigenvalue weighted by molar-refractivity contribution is -0.137. The molecule has 1 amide bonds. The van der Waals surface area contributed by atoms with Gasteiger partial charge in [0.25, 0.3) is 5.91 Å². The minimum Gasteiger partial charge on any atom is -0.378 e. The number of hydrogen-bond donors (Lipinski definition) is 2. The smallest absolute Gasteiger partial charge is 0.378 e. The standard InChI is InChI=1S/C26H28F3N5OS2/c1-33(2)21-9-7-20(8-10-21)31-25(36)34-13-11-18(12-14-34)24-32-22(16-37-24)23(35)30-15-17-3-5-19(6-4-17)26(27,28)29/h3-10,16,18H,11-15H2,1-2H3,(H,30,35)(H,31,36). The Morgan fingerprint density at radius 1 is 1.11 bits per heavy atom. The molecule has 196 valence electrons. The van der Waals surface area contributed by atoms with Crippen molar-refractivity contribution < 1.29 is 18.0 Å². The number of benzene rings is 2. The molecule has 0 bridgehead atoms. The first-order valence-electron chi connectivity index (χ1n) is 11.8. The van der Waals surface area contributed by atoms with Crippen molar-refractivity contribution in [3.8, 4) is 0 Å². The van der Waals surface area contributed by atoms with E-state index in [4.69, 9.17) is 12.2 Å². The summed E-state index contributed by atoms with van der Waals surface area (Å²) in [5.74, 6) is -0.0922. The van der Waals surface area contributed by atoms with Gasteiger partial charge in [-0.05, 0) is 67.0 Å². The van der Waals surface area contributed by atoms with Crippen LogP contribution in [0.2, 0.25) is 0 Å². The van der Waals surface area contributed by atoms with Crippen LogP contribution >= 0.6 is 23.6 Å². The number of nitrogens with one attached hydrogen (secondary N) is 2. The topological polar surface area (TPSA) is 60.5 Å². The van der Waals surface area contributed by atoms with Crippen LogP contribution in [0.25, 0.3) is 0 Å². The molecule has 0 saturated carbocycles. The molecular formula is C26H28F3N5OS2. The van der Waals surface area contributed by atoms with Gasteiger partial charge < -0.3 is 20.4 Å². The van der Waals surface area contributed by atoms with E-state index in [0.29, 0.717) is 16.4 Å². The molecule has 1 aliphatic heterocycles. The molecule has 0 atom stereocenters. The molecule has 0 radical (unpaired) electrons. The summed E-state index contributed by atoms with van der Waals surface area (Å²) in [5.41, 5.74) is 2.26. The van der Waals surface area contributed by atoms with Crippen LogP contribution in [0, 0.1) is 0 Å². The van der Waals surface area contributed by atoms with Gasteiger partial charge in [0.05, 0.1) is 10.6 Å². The Bertz CT molecular complexity index is 1220. The highest BCUT2D eigenvalue weighted by Gasteiger charge is 2.30. The maximum atomic E-state index is 12.7. The number of halogens is 3. The van der Waals surface area contributed by atoms with E-state index in [0.717, 1.165) is 54.4 Å². The fourth-order valence-electron chi connectivity index (χ4n) is 4.04. The zero-order valence-corrected chi connectivity index (χ0v) is 22.1. The highest BCUT2D eigenvalue weighted by atomic mass is 32.1. The monoisotopic (exact) mass is 547 g/mol. The number of carbonyl (C=O) groups excluding carboxylic acids is 1. The van der Waals surface area contributed by atoms with E-state index in [1.165, 1.54) is 23.5 Å². The van der Waals surface area contributed by atoms with Crippen molar-refractivity contribution >= 4 is 45.9 Å². The van der Waals surface area contributed by atoms with E-state index in [2.05, 4.69) is 20.5 Å². The van der Waals surface area contributed by atoms with Gasteiger partial charge in [0, 0.05) is 56.4 Å². The van der Waals surface area contributed by atoms with E-state index in [9.17, 15) is 18.0 Å². The quantitative estimate of drug-likeness (QED) is 0.384. The number of alkyl halides is 3. The van der Waals surface area contributed by atoms with Gasteiger partial charge in [-0.2, -0.15) is 13.2 Å². The third-order valence-electron chi connectivity index (χ3n) is 6.26. The number of carbonyl (C=O) groups is 1. The fraction of sp³-hybridized carbons (Fsp3) is 0.346. The lowest BCUT2D eigenvalue weighted by Gasteiger charge is -2.33. The summed E-state index contributed by atoms with van der Waals surface area (Å²) >= 11 is 7.07. The first-order chi connectivity index (χ1) is 17.6. The van der Waals surface area contributed by atoms with E-state index < -0.39 is 11.7 Å². The second-order valence-electron chi connectivity index (χ2n) is 9.08. The number of thiazole rings is 1. The number of piperidine rings is 1. The molecule has 11 heteroatoms. The molecule has 2 heterocycles. The Hall–Kier alpha value is -3.18. The molecular weight excluding hydrogens is 519 g/mol. The highest BCUT2D eigenvalue weighted by Crippen LogP contribution is 2.31. The van der Waals surface area contributed by atoms with Crippen LogP contribution in [0.4, 0.5) is 24.5 Å². The number of anilines is 2. The molecule has 37 heavy (non-hydrogen) atoms. The second-order valence-corrected chi connectivity index (χ2v) is 10.4. The van der Waals surface area contributed by atoms with Gasteiger partial charge >= 0.3 is 6.18 Å². The van der Waals surface area contributed by atoms with Gasteiger partial charge in [0.15, 0.2) is 5.11 Å². The zero-order valence-electron chi connectivity index (χ0n) is 20.5. The number of hydrogen-bond acceptors (Lipinski definition) is 5. The molecule has 6 nitrogen and oxygen atoms in total. The van der Waals surface area contributed by atoms with Crippen molar-refractivity contribution in [1.82, 2.24) is 15.2 Å². The van der Waals surface area contributed by atoms with Crippen LogP contribution in [0.5, 0.6) is 0 Å². The third-order valence-corrected chi connectivity index (χ3v) is 7.62. The Balaban J connectivity index is 1.25. The van der Waals surface area contributed by atoms with Crippen LogP contribution in [-0.2, 0) is 12.7 Å². The molecule has 2 N–H and O–H groups in total. The number of aromatic nitrogens is 1. The van der Waals surface area contributed by atoms with Crippen molar-refractivity contribution in [2.75, 3.05) is 37.4 Å². The average Bonchev–Trinajstić information content (AvgIpc) is 3.38. The van der Waals surface area contributed by atoms with Crippen LogP contribution < -0.4 is 15.5 Å². The normalized spacial score (nSPS) is 14.4. The predicted molar refractivity (Wildman–Crippen MR) is 145 cm³/mol. The number of nitrogens with zero attached hydrogens (tertiary/aromatic N) is 3. The first kappa shape index (κ1) is 26.9. The number of thiocarbonyl (C=S) groups is 1. The molecule has 1 aliphatic rings. The van der Waals surface area contributed by atoms with Crippen LogP contribution in [-0.4, -0.2) is 48.1 Å². The molecule has 1 fully saturated rings. The number of rotatable bonds is 6. The van der Waals surface area contributed by atoms with E-state index >= 15 is 0 Å². The maximum absolute atomic E-state index is 12.7. The molecule has 0 aliphatic carbocycles. The average molecular weight is 548 g/mol. The summed E-state index contributed by atoms with van der Waals surface area (Å²) in [6.07, 6.45) is -2.63. The van der Waals surface area contributed by atoms with Gasteiger partial charge in [0.2, 0.25) is 0 Å². The second kappa shape index (κ2) is 11.5. The summed E-state index contributed by atoms with van der Waals surface area (Å²) in [7, 11) is 4.00. The Kier molecular flexibility index (Phi) is 8.33. The highest BCUT2D eigenvalue weighted by molar-refractivity contribution is 7.80. The maximum Gasteiger partial charge on any atom is 0.416 e. The van der Waals surface area contributed by atoms with Crippen molar-refractivity contribution in [2.45, 2.75) is 31.5 Å². The van der Waals surface area contributed by atoms with Crippen molar-refractivity contribution in [1.29, 1.82) is 0 Å². The minimum atomic E-state index is -4.38. The van der Waals surface area contributed by atoms with Gasteiger partial charge in [0.1, 0.15) is 5.69 Å². The molecule has 4 rings (SSSR count). The zero-order chi connectivity index (χ0) is 26.6. The largest absolute Gasteiger partial charge is 0.416 e. The molecule has 0 spiro atoms. The Labute approximate surface area is 223 Å². The first-order valence-corrected chi connectivity index (χ1v) is 13.1. The van der Waals surface area contributed by atoms with E-state index in [-0.39, 0.29) is 18.4 Å². The third kappa shape index (κ3) is 6.98. The number of likely N-dealkylation sites (tertiary alicyclic amines) is 1. The van der Waals surface area contributed by atoms with Crippen molar-refractivity contribution in [3.63, 3.8) is 0 Å². The van der Waals surface area contributed by atoms with Crippen LogP contribution in [0.3, 0.4) is 0 Å². The minimum absolute atomic E-state index is 0.129. The van der Waals surface area contributed by atoms with Gasteiger partial charge in [-0.25, -0.2) is 4.98 Å². The summed E-state index contributed by atoms with van der Waals surface area (Å²) in [6, 6.07) is 12.8. The van der Waals surface area contributed by atoms with E-state index in [1.807, 2.05) is 43.3 Å². The lowest BCUT2D eigenvalue weighted by atomic mass is 9.98. The molecule has 1 saturated heterocycles. The lowest BCUT2D eigenvalue weighted by Crippen LogP contribution is -2.40. The molecule has 0 unspecified atom stereocenters. The number of amides is 1. The summed E-state index contributed by atoms with van der Waals surface area (Å²) in [4.78, 5) is 21.3. The molecule has 3 aromatic rings. The van der Waals surface area contributed by atoms with Gasteiger partial charge in [-0.15, -0.1) is 11.3 Å². The molecule has 2 aromatic carbocycles. The summed E-state index contributed by atoms with van der Waals surface area (Å²) < 4.78 is 38.1. The fourth-order valence-corrected chi connectivity index (χ4v) is 5.31. The van der Waals surface area contributed by atoms with Gasteiger partial charge in [-0.1, -0.05) is 12.1 Å². The van der Waals surface area contributed by atoms with Crippen LogP contribution in [0.15, 0.2) is 53.9 Å². The summed E-state index contributed by atoms with van der Waals surface area (Å²) in [5, 5.41) is 9.38. The Morgan fingerprint density at radius 2 is 1.76 bits per heavy atom. The van der Waals surface area contributed by atoms with E-state index in [1.54, 1.807) is 5.38 Å². The molecule has 1 aromatic heterocycles. The predicted octanol–water partition coefficient (Wildman–Crippen LogP) is 5.73. The van der Waals surface area contributed by atoms with Crippen LogP contribution in [0.1, 0.15) is 45.4 Å². The van der Waals surface area contributed by atoms with Crippen molar-refractivity contribution in [3.05, 3.63) is 75.7 Å². The van der Waals surface area contributed by atoms with Crippen molar-refractivity contribution in [2.24, 2.45) is 0 Å². The SMILES string of the molecule is CN(C)c1ccc(NC(=S)N2CCC(c3nc(C(=O)NCc4ccc(C(F)(F)F)cc4)cs3)CC2)cc1. The Morgan fingerprint density at radius 3 is 2.35 bits per heavy atom. The van der Waals surface area contributed by atoms with Gasteiger partial charge in [-0.3, -0.25) is 4.79 Å².